The average molecular weight is 467 g/mol. The molecule has 1 saturated heterocycles. The molecule has 1 aliphatic heterocycles. The van der Waals surface area contributed by atoms with Crippen LogP contribution in [0.3, 0.4) is 0 Å². The maximum Gasteiger partial charge on any atom is 0.338 e. The third-order valence-electron chi connectivity index (χ3n) is 5.39. The van der Waals surface area contributed by atoms with E-state index in [9.17, 15) is 23.6 Å². The second kappa shape index (κ2) is 9.44. The first-order valence-corrected chi connectivity index (χ1v) is 11.9. The van der Waals surface area contributed by atoms with Crippen molar-refractivity contribution in [2.75, 3.05) is 19.7 Å². The van der Waals surface area contributed by atoms with E-state index in [-0.39, 0.29) is 21.9 Å². The summed E-state index contributed by atoms with van der Waals surface area (Å²) in [6, 6.07) is 14.6. The highest BCUT2D eigenvalue weighted by atomic mass is 32.2. The molecule has 0 spiro atoms. The van der Waals surface area contributed by atoms with Crippen molar-refractivity contribution in [3.8, 4) is 6.07 Å². The minimum absolute atomic E-state index is 0.0126. The molecule has 170 valence electrons. The van der Waals surface area contributed by atoms with Gasteiger partial charge in [0.15, 0.2) is 11.6 Å². The first kappa shape index (κ1) is 22.5. The zero-order valence-electron chi connectivity index (χ0n) is 17.7. The van der Waals surface area contributed by atoms with E-state index in [2.05, 4.69) is 9.97 Å². The van der Waals surface area contributed by atoms with Gasteiger partial charge < -0.3 is 14.8 Å². The van der Waals surface area contributed by atoms with Gasteiger partial charge in [-0.1, -0.05) is 24.6 Å². The van der Waals surface area contributed by atoms with E-state index in [1.54, 1.807) is 24.3 Å². The summed E-state index contributed by atoms with van der Waals surface area (Å²) < 4.78 is 32.3. The Bertz CT molecular complexity index is 1330. The minimum Gasteiger partial charge on any atom is -0.507 e. The van der Waals surface area contributed by atoms with Crippen LogP contribution in [0.1, 0.15) is 35.4 Å². The van der Waals surface area contributed by atoms with E-state index in [4.69, 9.17) is 4.74 Å². The number of fused-ring (bicyclic) bond motifs is 1. The molecule has 0 aliphatic carbocycles. The number of aliphatic hydroxyl groups excluding tert-OH is 1. The van der Waals surface area contributed by atoms with Crippen molar-refractivity contribution in [2.24, 2.45) is 0 Å². The molecule has 3 aromatic rings. The average Bonchev–Trinajstić information content (AvgIpc) is 3.27. The molecule has 0 amide bonds. The van der Waals surface area contributed by atoms with Gasteiger partial charge in [-0.3, -0.25) is 0 Å². The van der Waals surface area contributed by atoms with Gasteiger partial charge in [0.25, 0.3) is 0 Å². The van der Waals surface area contributed by atoms with Gasteiger partial charge in [-0.25, -0.2) is 18.2 Å². The number of hydrogen-bond acceptors (Lipinski definition) is 7. The number of imidazole rings is 1. The monoisotopic (exact) mass is 466 g/mol. The highest BCUT2D eigenvalue weighted by Crippen LogP contribution is 2.22. The Labute approximate surface area is 191 Å². The number of allylic oxidation sites excluding steroid dienone is 1. The molecule has 0 saturated carbocycles. The molecule has 1 fully saturated rings. The van der Waals surface area contributed by atoms with Gasteiger partial charge in [-0.2, -0.15) is 9.57 Å². The van der Waals surface area contributed by atoms with Crippen molar-refractivity contribution in [2.45, 2.75) is 24.2 Å². The second-order valence-corrected chi connectivity index (χ2v) is 9.54. The Morgan fingerprint density at radius 2 is 1.91 bits per heavy atom. The number of para-hydroxylation sites is 2. The fraction of sp³-hybridized carbons (Fsp3) is 0.261. The van der Waals surface area contributed by atoms with Crippen LogP contribution in [-0.2, 0) is 14.8 Å². The number of nitrogens with zero attached hydrogens (tertiary/aromatic N) is 3. The number of hydrogen-bond donors (Lipinski definition) is 2. The number of aromatic amines is 1. The number of piperidine rings is 1. The lowest BCUT2D eigenvalue weighted by atomic mass is 10.2. The molecule has 2 heterocycles. The molecular formula is C23H22N4O5S. The molecular weight excluding hydrogens is 444 g/mol. The summed E-state index contributed by atoms with van der Waals surface area (Å²) in [6.45, 7) is 0.338. The van der Waals surface area contributed by atoms with E-state index in [0.29, 0.717) is 24.1 Å². The molecule has 0 atom stereocenters. The van der Waals surface area contributed by atoms with Crippen LogP contribution in [0.2, 0.25) is 0 Å². The minimum atomic E-state index is -3.70. The van der Waals surface area contributed by atoms with Crippen LogP contribution in [0.25, 0.3) is 16.6 Å². The number of carbonyl (C=O) groups excluding carboxylic acids is 1. The number of nitrogens with one attached hydrogen (secondary N) is 1. The highest BCUT2D eigenvalue weighted by molar-refractivity contribution is 7.89. The van der Waals surface area contributed by atoms with Gasteiger partial charge >= 0.3 is 5.97 Å². The number of nitriles is 1. The summed E-state index contributed by atoms with van der Waals surface area (Å²) >= 11 is 0. The van der Waals surface area contributed by atoms with Crippen LogP contribution in [-0.4, -0.2) is 53.5 Å². The van der Waals surface area contributed by atoms with Crippen molar-refractivity contribution in [1.82, 2.24) is 14.3 Å². The van der Waals surface area contributed by atoms with Crippen molar-refractivity contribution in [1.29, 1.82) is 5.26 Å². The second-order valence-electron chi connectivity index (χ2n) is 7.60. The van der Waals surface area contributed by atoms with E-state index < -0.39 is 28.4 Å². The lowest BCUT2D eigenvalue weighted by Crippen LogP contribution is -2.35. The zero-order valence-corrected chi connectivity index (χ0v) is 18.5. The van der Waals surface area contributed by atoms with Gasteiger partial charge in [-0.15, -0.1) is 0 Å². The topological polar surface area (TPSA) is 136 Å². The van der Waals surface area contributed by atoms with Crippen LogP contribution in [0.15, 0.2) is 59.2 Å². The number of aliphatic hydroxyl groups is 1. The van der Waals surface area contributed by atoms with Crippen LogP contribution in [0.5, 0.6) is 0 Å². The van der Waals surface area contributed by atoms with E-state index >= 15 is 0 Å². The molecule has 2 N–H and O–H groups in total. The van der Waals surface area contributed by atoms with Crippen LogP contribution in [0, 0.1) is 11.3 Å². The number of ether oxygens (including phenoxy) is 1. The molecule has 1 aliphatic rings. The summed E-state index contributed by atoms with van der Waals surface area (Å²) in [5.41, 5.74) is 1.19. The lowest BCUT2D eigenvalue weighted by molar-refractivity contribution is 0.0502. The smallest absolute Gasteiger partial charge is 0.338 e. The molecule has 0 bridgehead atoms. The lowest BCUT2D eigenvalue weighted by Gasteiger charge is -2.25. The Hall–Kier alpha value is -3.68. The fourth-order valence-corrected chi connectivity index (χ4v) is 5.22. The van der Waals surface area contributed by atoms with Gasteiger partial charge in [-0.05, 0) is 43.2 Å². The van der Waals surface area contributed by atoms with E-state index in [1.807, 2.05) is 6.07 Å². The predicted molar refractivity (Wildman–Crippen MR) is 121 cm³/mol. The molecule has 10 heteroatoms. The SMILES string of the molecule is N#C/C(=C(\O)COC(=O)c1cccc(S(=O)(=O)N2CCCCC2)c1)c1nc2ccccc2[nH]1. The molecule has 33 heavy (non-hydrogen) atoms. The number of benzene rings is 2. The Balaban J connectivity index is 1.50. The zero-order chi connectivity index (χ0) is 23.4. The van der Waals surface area contributed by atoms with Crippen LogP contribution >= 0.6 is 0 Å². The van der Waals surface area contributed by atoms with Crippen molar-refractivity contribution in [3.05, 3.63) is 65.7 Å². The third kappa shape index (κ3) is 4.74. The number of sulfonamides is 1. The highest BCUT2D eigenvalue weighted by Gasteiger charge is 2.26. The van der Waals surface area contributed by atoms with Crippen LogP contribution < -0.4 is 0 Å². The predicted octanol–water partition coefficient (Wildman–Crippen LogP) is 3.39. The molecule has 4 rings (SSSR count). The maximum absolute atomic E-state index is 12.9. The molecule has 2 aromatic carbocycles. The van der Waals surface area contributed by atoms with Gasteiger partial charge in [0.1, 0.15) is 18.2 Å². The summed E-state index contributed by atoms with van der Waals surface area (Å²) in [5, 5.41) is 19.8. The largest absolute Gasteiger partial charge is 0.507 e. The summed E-state index contributed by atoms with van der Waals surface area (Å²) in [5.74, 6) is -1.14. The molecule has 9 nitrogen and oxygen atoms in total. The first-order valence-electron chi connectivity index (χ1n) is 10.4. The summed E-state index contributed by atoms with van der Waals surface area (Å²) in [7, 11) is -3.70. The molecule has 0 unspecified atom stereocenters. The number of aromatic nitrogens is 2. The molecule has 1 aromatic heterocycles. The first-order chi connectivity index (χ1) is 15.9. The maximum atomic E-state index is 12.9. The normalized spacial score (nSPS) is 15.6. The number of H-pyrrole nitrogens is 1. The summed E-state index contributed by atoms with van der Waals surface area (Å²) in [4.78, 5) is 19.7. The number of esters is 1. The van der Waals surface area contributed by atoms with Crippen molar-refractivity contribution >= 4 is 32.6 Å². The van der Waals surface area contributed by atoms with E-state index in [0.717, 1.165) is 19.3 Å². The Morgan fingerprint density at radius 1 is 1.15 bits per heavy atom. The Kier molecular flexibility index (Phi) is 6.44. The standard InChI is InChI=1S/C23H22N4O5S/c24-14-18(22-25-19-9-2-3-10-20(19)26-22)21(28)15-32-23(29)16-7-6-8-17(13-16)33(30,31)27-11-4-1-5-12-27/h2-3,6-10,13,28H,1,4-5,11-12,15H2,(H,25,26)/b21-18+. The van der Waals surface area contributed by atoms with Gasteiger partial charge in [0.05, 0.1) is 21.5 Å². The fourth-order valence-electron chi connectivity index (χ4n) is 3.65. The molecule has 0 radical (unpaired) electrons. The quantitative estimate of drug-likeness (QED) is 0.323. The number of rotatable bonds is 6. The summed E-state index contributed by atoms with van der Waals surface area (Å²) in [6.07, 6.45) is 2.60. The van der Waals surface area contributed by atoms with Gasteiger partial charge in [0.2, 0.25) is 10.0 Å². The van der Waals surface area contributed by atoms with Crippen LogP contribution in [0.4, 0.5) is 0 Å². The van der Waals surface area contributed by atoms with Crippen molar-refractivity contribution in [3.63, 3.8) is 0 Å². The van der Waals surface area contributed by atoms with Crippen molar-refractivity contribution < 1.29 is 23.1 Å². The number of carbonyl (C=O) groups is 1. The van der Waals surface area contributed by atoms with E-state index in [1.165, 1.54) is 28.6 Å². The third-order valence-corrected chi connectivity index (χ3v) is 7.28. The van der Waals surface area contributed by atoms with Gasteiger partial charge in [0, 0.05) is 13.1 Å². The Morgan fingerprint density at radius 3 is 2.64 bits per heavy atom.